The van der Waals surface area contributed by atoms with Crippen molar-refractivity contribution in [2.24, 2.45) is 0 Å². The summed E-state index contributed by atoms with van der Waals surface area (Å²) in [5.41, 5.74) is -1.01. The van der Waals surface area contributed by atoms with Crippen LogP contribution in [-0.2, 0) is 15.8 Å². The highest BCUT2D eigenvalue weighted by Gasteiger charge is 2.33. The zero-order chi connectivity index (χ0) is 13.5. The van der Waals surface area contributed by atoms with Crippen molar-refractivity contribution in [2.75, 3.05) is 4.90 Å². The normalized spacial score (nSPS) is 15.7. The minimum atomic E-state index is -4.53. The minimum absolute atomic E-state index is 0.0651. The number of alkyl halides is 3. The first-order valence-electron chi connectivity index (χ1n) is 4.73. The molecule has 0 spiro atoms. The van der Waals surface area contributed by atoms with Crippen molar-refractivity contribution in [2.45, 2.75) is 6.18 Å². The minimum Gasteiger partial charge on any atom is -0.269 e. The second-order valence-electron chi connectivity index (χ2n) is 3.51. The van der Waals surface area contributed by atoms with Gasteiger partial charge in [-0.25, -0.2) is 4.90 Å². The van der Waals surface area contributed by atoms with E-state index in [1.54, 1.807) is 0 Å². The van der Waals surface area contributed by atoms with Crippen LogP contribution in [-0.4, -0.2) is 11.8 Å². The highest BCUT2D eigenvalue weighted by molar-refractivity contribution is 6.37. The standard InChI is InChI=1S/C11H5ClF3NO2/c12-7-5-6(11(13,14)15)1-2-8(7)16-9(17)3-4-10(16)18/h1-5H. The SMILES string of the molecule is O=C1C=CC(=O)N1c1ccc(C(F)(F)F)cc1Cl. The smallest absolute Gasteiger partial charge is 0.269 e. The van der Waals surface area contributed by atoms with Crippen molar-refractivity contribution < 1.29 is 22.8 Å². The van der Waals surface area contributed by atoms with E-state index in [0.717, 1.165) is 24.3 Å². The number of amides is 2. The van der Waals surface area contributed by atoms with Crippen LogP contribution in [0.3, 0.4) is 0 Å². The second kappa shape index (κ2) is 4.13. The van der Waals surface area contributed by atoms with Gasteiger partial charge < -0.3 is 0 Å². The van der Waals surface area contributed by atoms with Crippen LogP contribution in [0.2, 0.25) is 5.02 Å². The van der Waals surface area contributed by atoms with E-state index in [2.05, 4.69) is 0 Å². The first-order valence-corrected chi connectivity index (χ1v) is 5.11. The monoisotopic (exact) mass is 275 g/mol. The average molecular weight is 276 g/mol. The zero-order valence-electron chi connectivity index (χ0n) is 8.66. The Morgan fingerprint density at radius 2 is 1.61 bits per heavy atom. The maximum atomic E-state index is 12.4. The van der Waals surface area contributed by atoms with E-state index in [1.807, 2.05) is 0 Å². The maximum absolute atomic E-state index is 12.4. The molecule has 3 nitrogen and oxygen atoms in total. The fourth-order valence-electron chi connectivity index (χ4n) is 1.50. The predicted octanol–water partition coefficient (Wildman–Crippen LogP) is 2.79. The second-order valence-corrected chi connectivity index (χ2v) is 3.92. The van der Waals surface area contributed by atoms with Gasteiger partial charge in [-0.2, -0.15) is 13.2 Å². The van der Waals surface area contributed by atoms with Gasteiger partial charge in [0.2, 0.25) is 0 Å². The van der Waals surface area contributed by atoms with Crippen LogP contribution in [0.15, 0.2) is 30.4 Å². The van der Waals surface area contributed by atoms with Crippen LogP contribution in [0, 0.1) is 0 Å². The molecule has 0 aliphatic carbocycles. The van der Waals surface area contributed by atoms with Crippen molar-refractivity contribution in [3.05, 3.63) is 40.9 Å². The summed E-state index contributed by atoms with van der Waals surface area (Å²) >= 11 is 5.67. The van der Waals surface area contributed by atoms with Crippen molar-refractivity contribution >= 4 is 29.1 Å². The van der Waals surface area contributed by atoms with E-state index in [1.165, 1.54) is 0 Å². The van der Waals surface area contributed by atoms with Gasteiger partial charge in [0.25, 0.3) is 11.8 Å². The Labute approximate surface area is 104 Å². The lowest BCUT2D eigenvalue weighted by Crippen LogP contribution is -2.29. The quantitative estimate of drug-likeness (QED) is 0.739. The van der Waals surface area contributed by atoms with E-state index < -0.39 is 23.6 Å². The third-order valence-corrected chi connectivity index (χ3v) is 2.63. The molecule has 1 aliphatic heterocycles. The number of rotatable bonds is 1. The molecule has 0 saturated heterocycles. The predicted molar refractivity (Wildman–Crippen MR) is 58.1 cm³/mol. The Morgan fingerprint density at radius 3 is 2.06 bits per heavy atom. The fourth-order valence-corrected chi connectivity index (χ4v) is 1.77. The lowest BCUT2D eigenvalue weighted by atomic mass is 10.2. The lowest BCUT2D eigenvalue weighted by molar-refractivity contribution is -0.137. The molecule has 0 N–H and O–H groups in total. The van der Waals surface area contributed by atoms with Crippen LogP contribution in [0.5, 0.6) is 0 Å². The van der Waals surface area contributed by atoms with E-state index in [9.17, 15) is 22.8 Å². The molecule has 0 fully saturated rings. The molecule has 0 atom stereocenters. The Bertz CT molecular complexity index is 548. The van der Waals surface area contributed by atoms with E-state index in [0.29, 0.717) is 11.0 Å². The van der Waals surface area contributed by atoms with E-state index in [-0.39, 0.29) is 10.7 Å². The van der Waals surface area contributed by atoms with Crippen LogP contribution in [0.25, 0.3) is 0 Å². The highest BCUT2D eigenvalue weighted by Crippen LogP contribution is 2.35. The Hall–Kier alpha value is -1.82. The summed E-state index contributed by atoms with van der Waals surface area (Å²) in [6.07, 6.45) is -2.48. The van der Waals surface area contributed by atoms with Gasteiger partial charge in [-0.05, 0) is 18.2 Å². The third-order valence-electron chi connectivity index (χ3n) is 2.33. The van der Waals surface area contributed by atoms with Gasteiger partial charge in [0.1, 0.15) is 0 Å². The van der Waals surface area contributed by atoms with Gasteiger partial charge in [-0.15, -0.1) is 0 Å². The number of hydrogen-bond acceptors (Lipinski definition) is 2. The zero-order valence-corrected chi connectivity index (χ0v) is 9.42. The molecular weight excluding hydrogens is 271 g/mol. The first kappa shape index (κ1) is 12.6. The number of carbonyl (C=O) groups excluding carboxylic acids is 2. The molecule has 0 unspecified atom stereocenters. The number of anilines is 1. The number of nitrogens with zero attached hydrogens (tertiary/aromatic N) is 1. The summed E-state index contributed by atoms with van der Waals surface area (Å²) in [6.45, 7) is 0. The van der Waals surface area contributed by atoms with Crippen molar-refractivity contribution in [3.8, 4) is 0 Å². The average Bonchev–Trinajstić information content (AvgIpc) is 2.58. The summed E-state index contributed by atoms with van der Waals surface area (Å²) < 4.78 is 37.2. The number of imide groups is 1. The van der Waals surface area contributed by atoms with Crippen molar-refractivity contribution in [3.63, 3.8) is 0 Å². The molecule has 2 rings (SSSR count). The van der Waals surface area contributed by atoms with Gasteiger partial charge in [0.05, 0.1) is 16.3 Å². The molecule has 0 saturated carbocycles. The highest BCUT2D eigenvalue weighted by atomic mass is 35.5. The van der Waals surface area contributed by atoms with Gasteiger partial charge in [-0.1, -0.05) is 11.6 Å². The summed E-state index contributed by atoms with van der Waals surface area (Å²) in [6, 6.07) is 2.43. The van der Waals surface area contributed by atoms with E-state index in [4.69, 9.17) is 11.6 Å². The molecule has 1 heterocycles. The molecular formula is C11H5ClF3NO2. The molecule has 1 aromatic rings. The van der Waals surface area contributed by atoms with Gasteiger partial charge in [0, 0.05) is 12.2 Å². The Balaban J connectivity index is 2.43. The molecule has 1 aromatic carbocycles. The van der Waals surface area contributed by atoms with Crippen LogP contribution in [0.4, 0.5) is 18.9 Å². The molecule has 1 aliphatic rings. The largest absolute Gasteiger partial charge is 0.416 e. The summed E-state index contributed by atoms with van der Waals surface area (Å²) in [5, 5.41) is -0.310. The van der Waals surface area contributed by atoms with E-state index >= 15 is 0 Å². The summed E-state index contributed by atoms with van der Waals surface area (Å²) in [5.74, 6) is -1.27. The molecule has 18 heavy (non-hydrogen) atoms. The van der Waals surface area contributed by atoms with Gasteiger partial charge in [-0.3, -0.25) is 9.59 Å². The molecule has 7 heteroatoms. The fraction of sp³-hybridized carbons (Fsp3) is 0.0909. The number of carbonyl (C=O) groups is 2. The molecule has 94 valence electrons. The van der Waals surface area contributed by atoms with Crippen LogP contribution >= 0.6 is 11.6 Å². The molecule has 2 amide bonds. The summed E-state index contributed by atoms with van der Waals surface area (Å²) in [4.78, 5) is 23.4. The lowest BCUT2D eigenvalue weighted by Gasteiger charge is -2.16. The first-order chi connectivity index (χ1) is 8.30. The van der Waals surface area contributed by atoms with Gasteiger partial charge in [0.15, 0.2) is 0 Å². The summed E-state index contributed by atoms with van der Waals surface area (Å²) in [7, 11) is 0. The van der Waals surface area contributed by atoms with Crippen molar-refractivity contribution in [1.82, 2.24) is 0 Å². The molecule has 0 radical (unpaired) electrons. The molecule has 0 bridgehead atoms. The number of hydrogen-bond donors (Lipinski definition) is 0. The Kier molecular flexibility index (Phi) is 2.90. The Morgan fingerprint density at radius 1 is 1.06 bits per heavy atom. The van der Waals surface area contributed by atoms with Gasteiger partial charge >= 0.3 is 6.18 Å². The maximum Gasteiger partial charge on any atom is 0.416 e. The van der Waals surface area contributed by atoms with Crippen LogP contribution < -0.4 is 4.90 Å². The number of benzene rings is 1. The number of halogens is 4. The van der Waals surface area contributed by atoms with Crippen molar-refractivity contribution in [1.29, 1.82) is 0 Å². The van der Waals surface area contributed by atoms with Crippen LogP contribution in [0.1, 0.15) is 5.56 Å². The topological polar surface area (TPSA) is 37.4 Å². The molecule has 0 aromatic heterocycles. The third kappa shape index (κ3) is 2.11.